The fourth-order valence-corrected chi connectivity index (χ4v) is 1.29. The predicted octanol–water partition coefficient (Wildman–Crippen LogP) is 1.00. The number of hydrogen-bond donors (Lipinski definition) is 1. The Kier molecular flexibility index (Phi) is 3.19. The molecule has 1 aromatic rings. The van der Waals surface area contributed by atoms with Crippen LogP contribution in [0.3, 0.4) is 0 Å². The highest BCUT2D eigenvalue weighted by molar-refractivity contribution is 14.1. The second-order valence-corrected chi connectivity index (χ2v) is 3.53. The molecule has 1 N–H and O–H groups in total. The van der Waals surface area contributed by atoms with E-state index in [1.807, 2.05) is 0 Å². The van der Waals surface area contributed by atoms with Gasteiger partial charge in [-0.2, -0.15) is 0 Å². The fraction of sp³-hybridized carbons (Fsp3) is 0.429. The van der Waals surface area contributed by atoms with E-state index in [-0.39, 0.29) is 6.10 Å². The van der Waals surface area contributed by atoms with E-state index in [0.29, 0.717) is 6.42 Å². The predicted molar refractivity (Wildman–Crippen MR) is 50.1 cm³/mol. The SMILES string of the molecule is CC(O)Cc1ncncc1I. The van der Waals surface area contributed by atoms with Crippen LogP contribution in [0.15, 0.2) is 12.5 Å². The Morgan fingerprint density at radius 1 is 1.73 bits per heavy atom. The van der Waals surface area contributed by atoms with Gasteiger partial charge in [-0.15, -0.1) is 0 Å². The number of rotatable bonds is 2. The van der Waals surface area contributed by atoms with Crippen LogP contribution < -0.4 is 0 Å². The van der Waals surface area contributed by atoms with Crippen molar-refractivity contribution < 1.29 is 5.11 Å². The van der Waals surface area contributed by atoms with Gasteiger partial charge >= 0.3 is 0 Å². The molecular weight excluding hydrogens is 255 g/mol. The van der Waals surface area contributed by atoms with Crippen LogP contribution in [0.25, 0.3) is 0 Å². The number of halogens is 1. The van der Waals surface area contributed by atoms with Crippen molar-refractivity contribution in [1.82, 2.24) is 9.97 Å². The quantitative estimate of drug-likeness (QED) is 0.811. The number of aliphatic hydroxyl groups is 1. The van der Waals surface area contributed by atoms with Crippen molar-refractivity contribution in [3.63, 3.8) is 0 Å². The van der Waals surface area contributed by atoms with Crippen LogP contribution in [0.5, 0.6) is 0 Å². The van der Waals surface area contributed by atoms with Crippen LogP contribution in [0.4, 0.5) is 0 Å². The average Bonchev–Trinajstić information content (AvgIpc) is 1.93. The molecule has 1 unspecified atom stereocenters. The molecule has 1 rings (SSSR count). The normalized spacial score (nSPS) is 13.0. The summed E-state index contributed by atoms with van der Waals surface area (Å²) in [7, 11) is 0. The first-order valence-corrected chi connectivity index (χ1v) is 4.40. The van der Waals surface area contributed by atoms with Gasteiger partial charge in [0.2, 0.25) is 0 Å². The Labute approximate surface area is 79.0 Å². The van der Waals surface area contributed by atoms with Crippen LogP contribution in [0, 0.1) is 3.57 Å². The summed E-state index contributed by atoms with van der Waals surface area (Å²) in [6, 6.07) is 0. The van der Waals surface area contributed by atoms with Crippen molar-refractivity contribution >= 4 is 22.6 Å². The average molecular weight is 264 g/mol. The smallest absolute Gasteiger partial charge is 0.115 e. The van der Waals surface area contributed by atoms with Gasteiger partial charge in [0.05, 0.1) is 15.4 Å². The molecule has 0 aliphatic heterocycles. The van der Waals surface area contributed by atoms with Crippen molar-refractivity contribution in [2.75, 3.05) is 0 Å². The lowest BCUT2D eigenvalue weighted by molar-refractivity contribution is 0.194. The Hall–Kier alpha value is -0.230. The van der Waals surface area contributed by atoms with Crippen LogP contribution in [-0.2, 0) is 6.42 Å². The molecule has 0 radical (unpaired) electrons. The molecule has 11 heavy (non-hydrogen) atoms. The maximum Gasteiger partial charge on any atom is 0.115 e. The monoisotopic (exact) mass is 264 g/mol. The Balaban J connectivity index is 2.78. The number of hydrogen-bond acceptors (Lipinski definition) is 3. The third-order valence-corrected chi connectivity index (χ3v) is 2.13. The minimum Gasteiger partial charge on any atom is -0.393 e. The van der Waals surface area contributed by atoms with E-state index >= 15 is 0 Å². The first-order valence-electron chi connectivity index (χ1n) is 3.32. The zero-order valence-electron chi connectivity index (χ0n) is 6.16. The highest BCUT2D eigenvalue weighted by atomic mass is 127. The molecule has 0 amide bonds. The summed E-state index contributed by atoms with van der Waals surface area (Å²) in [5.41, 5.74) is 0.913. The molecule has 4 heteroatoms. The second kappa shape index (κ2) is 3.96. The van der Waals surface area contributed by atoms with Gasteiger partial charge in [-0.05, 0) is 29.5 Å². The fourth-order valence-electron chi connectivity index (χ4n) is 0.768. The Morgan fingerprint density at radius 2 is 2.45 bits per heavy atom. The van der Waals surface area contributed by atoms with Gasteiger partial charge in [-0.1, -0.05) is 0 Å². The van der Waals surface area contributed by atoms with Crippen LogP contribution in [0.2, 0.25) is 0 Å². The van der Waals surface area contributed by atoms with Crippen molar-refractivity contribution in [3.8, 4) is 0 Å². The maximum atomic E-state index is 9.07. The van der Waals surface area contributed by atoms with E-state index < -0.39 is 0 Å². The van der Waals surface area contributed by atoms with Gasteiger partial charge in [0.25, 0.3) is 0 Å². The molecule has 0 spiro atoms. The van der Waals surface area contributed by atoms with Crippen molar-refractivity contribution in [2.24, 2.45) is 0 Å². The van der Waals surface area contributed by atoms with Gasteiger partial charge in [0.1, 0.15) is 6.33 Å². The lowest BCUT2D eigenvalue weighted by Gasteiger charge is -2.03. The van der Waals surface area contributed by atoms with E-state index in [1.165, 1.54) is 6.33 Å². The Morgan fingerprint density at radius 3 is 3.00 bits per heavy atom. The standard InChI is InChI=1S/C7H9IN2O/c1-5(11)2-7-6(8)3-9-4-10-7/h3-5,11H,2H2,1H3. The lowest BCUT2D eigenvalue weighted by Crippen LogP contribution is -2.07. The van der Waals surface area contributed by atoms with E-state index in [4.69, 9.17) is 5.11 Å². The Bertz CT molecular complexity index is 240. The molecular formula is C7H9IN2O. The third kappa shape index (κ3) is 2.70. The van der Waals surface area contributed by atoms with E-state index in [2.05, 4.69) is 32.6 Å². The summed E-state index contributed by atoms with van der Waals surface area (Å²) in [6.45, 7) is 1.75. The summed E-state index contributed by atoms with van der Waals surface area (Å²) in [6.07, 6.45) is 3.50. The minimum atomic E-state index is -0.335. The number of nitrogens with zero attached hydrogens (tertiary/aromatic N) is 2. The lowest BCUT2D eigenvalue weighted by atomic mass is 10.2. The largest absolute Gasteiger partial charge is 0.393 e. The van der Waals surface area contributed by atoms with Crippen LogP contribution in [0.1, 0.15) is 12.6 Å². The second-order valence-electron chi connectivity index (χ2n) is 2.37. The zero-order chi connectivity index (χ0) is 8.27. The maximum absolute atomic E-state index is 9.07. The van der Waals surface area contributed by atoms with Crippen molar-refractivity contribution in [1.29, 1.82) is 0 Å². The van der Waals surface area contributed by atoms with E-state index in [0.717, 1.165) is 9.26 Å². The summed E-state index contributed by atoms with van der Waals surface area (Å²) in [4.78, 5) is 7.89. The summed E-state index contributed by atoms with van der Waals surface area (Å²) >= 11 is 2.16. The van der Waals surface area contributed by atoms with Gasteiger partial charge < -0.3 is 5.11 Å². The molecule has 60 valence electrons. The molecule has 1 atom stereocenters. The molecule has 0 saturated heterocycles. The molecule has 0 saturated carbocycles. The number of aliphatic hydroxyl groups excluding tert-OH is 1. The summed E-state index contributed by atoms with van der Waals surface area (Å²) in [5.74, 6) is 0. The minimum absolute atomic E-state index is 0.335. The van der Waals surface area contributed by atoms with Gasteiger partial charge in [0, 0.05) is 12.6 Å². The van der Waals surface area contributed by atoms with E-state index in [1.54, 1.807) is 13.1 Å². The number of aromatic nitrogens is 2. The molecule has 0 fully saturated rings. The molecule has 1 heterocycles. The first kappa shape index (κ1) is 8.86. The molecule has 0 bridgehead atoms. The van der Waals surface area contributed by atoms with Gasteiger partial charge in [-0.3, -0.25) is 0 Å². The van der Waals surface area contributed by atoms with Crippen LogP contribution in [-0.4, -0.2) is 21.2 Å². The molecule has 1 aromatic heterocycles. The first-order chi connectivity index (χ1) is 5.20. The van der Waals surface area contributed by atoms with Gasteiger partial charge in [-0.25, -0.2) is 9.97 Å². The summed E-state index contributed by atoms with van der Waals surface area (Å²) < 4.78 is 1.01. The van der Waals surface area contributed by atoms with Gasteiger partial charge in [0.15, 0.2) is 0 Å². The summed E-state index contributed by atoms with van der Waals surface area (Å²) in [5, 5.41) is 9.07. The van der Waals surface area contributed by atoms with Crippen LogP contribution >= 0.6 is 22.6 Å². The third-order valence-electron chi connectivity index (χ3n) is 1.23. The topological polar surface area (TPSA) is 46.0 Å². The zero-order valence-corrected chi connectivity index (χ0v) is 8.32. The van der Waals surface area contributed by atoms with Crippen molar-refractivity contribution in [2.45, 2.75) is 19.4 Å². The highest BCUT2D eigenvalue weighted by Crippen LogP contribution is 2.08. The molecule has 0 aliphatic rings. The molecule has 0 aromatic carbocycles. The van der Waals surface area contributed by atoms with Crippen molar-refractivity contribution in [3.05, 3.63) is 21.8 Å². The molecule has 3 nitrogen and oxygen atoms in total. The van der Waals surface area contributed by atoms with E-state index in [9.17, 15) is 0 Å². The molecule has 0 aliphatic carbocycles. The highest BCUT2D eigenvalue weighted by Gasteiger charge is 2.03.